The third kappa shape index (κ3) is 3.15. The van der Waals surface area contributed by atoms with E-state index in [4.69, 9.17) is 16.3 Å². The van der Waals surface area contributed by atoms with Gasteiger partial charge in [-0.1, -0.05) is 11.6 Å². The van der Waals surface area contributed by atoms with E-state index in [0.717, 1.165) is 5.69 Å². The van der Waals surface area contributed by atoms with E-state index in [2.05, 4.69) is 15.4 Å². The molecule has 0 radical (unpaired) electrons. The second-order valence-electron chi connectivity index (χ2n) is 4.22. The normalized spacial score (nSPS) is 12.6. The molecule has 0 spiro atoms. The first-order valence-corrected chi connectivity index (χ1v) is 6.54. The SMILES string of the molecule is CNC(c1ccc(F)cn1)c1c(Cl)cnn1CCOC. The molecule has 5 nitrogen and oxygen atoms in total. The quantitative estimate of drug-likeness (QED) is 0.886. The summed E-state index contributed by atoms with van der Waals surface area (Å²) in [5.74, 6) is -0.373. The third-order valence-electron chi connectivity index (χ3n) is 2.95. The van der Waals surface area contributed by atoms with Crippen LogP contribution in [-0.2, 0) is 11.3 Å². The van der Waals surface area contributed by atoms with Gasteiger partial charge in [-0.2, -0.15) is 5.10 Å². The minimum atomic E-state index is -0.373. The van der Waals surface area contributed by atoms with Crippen LogP contribution in [0.2, 0.25) is 5.02 Å². The van der Waals surface area contributed by atoms with Gasteiger partial charge in [0, 0.05) is 7.11 Å². The van der Waals surface area contributed by atoms with Gasteiger partial charge in [-0.05, 0) is 19.2 Å². The molecule has 0 bridgehead atoms. The van der Waals surface area contributed by atoms with E-state index < -0.39 is 0 Å². The highest BCUT2D eigenvalue weighted by Gasteiger charge is 2.21. The van der Waals surface area contributed by atoms with Crippen LogP contribution >= 0.6 is 11.6 Å². The number of halogens is 2. The van der Waals surface area contributed by atoms with E-state index >= 15 is 0 Å². The number of methoxy groups -OCH3 is 1. The summed E-state index contributed by atoms with van der Waals surface area (Å²) >= 11 is 6.21. The van der Waals surface area contributed by atoms with E-state index in [-0.39, 0.29) is 11.9 Å². The van der Waals surface area contributed by atoms with Crippen LogP contribution in [0, 0.1) is 5.82 Å². The van der Waals surface area contributed by atoms with Gasteiger partial charge < -0.3 is 10.1 Å². The van der Waals surface area contributed by atoms with Crippen molar-refractivity contribution in [1.29, 1.82) is 0 Å². The molecule has 0 saturated heterocycles. The van der Waals surface area contributed by atoms with Crippen molar-refractivity contribution in [1.82, 2.24) is 20.1 Å². The molecule has 20 heavy (non-hydrogen) atoms. The van der Waals surface area contributed by atoms with Gasteiger partial charge in [0.1, 0.15) is 5.82 Å². The van der Waals surface area contributed by atoms with Gasteiger partial charge in [-0.25, -0.2) is 4.39 Å². The number of pyridine rings is 1. The Morgan fingerprint density at radius 2 is 2.25 bits per heavy atom. The average Bonchev–Trinajstić information content (AvgIpc) is 2.81. The number of nitrogens with zero attached hydrogens (tertiary/aromatic N) is 3. The summed E-state index contributed by atoms with van der Waals surface area (Å²) < 4.78 is 19.8. The summed E-state index contributed by atoms with van der Waals surface area (Å²) in [4.78, 5) is 4.10. The first-order valence-electron chi connectivity index (χ1n) is 6.16. The van der Waals surface area contributed by atoms with Crippen LogP contribution in [-0.4, -0.2) is 35.5 Å². The Bertz CT molecular complexity index is 558. The van der Waals surface area contributed by atoms with Gasteiger partial charge in [0.25, 0.3) is 0 Å². The van der Waals surface area contributed by atoms with Crippen LogP contribution in [0.15, 0.2) is 24.5 Å². The maximum atomic E-state index is 13.0. The van der Waals surface area contributed by atoms with Crippen molar-refractivity contribution in [2.45, 2.75) is 12.6 Å². The van der Waals surface area contributed by atoms with E-state index in [1.165, 1.54) is 12.3 Å². The third-order valence-corrected chi connectivity index (χ3v) is 3.24. The predicted octanol–water partition coefficient (Wildman–Crippen LogP) is 2.03. The number of ether oxygens (including phenoxy) is 1. The molecule has 0 aromatic carbocycles. The summed E-state index contributed by atoms with van der Waals surface area (Å²) in [5, 5.41) is 7.89. The maximum absolute atomic E-state index is 13.0. The van der Waals surface area contributed by atoms with E-state index in [0.29, 0.717) is 23.9 Å². The topological polar surface area (TPSA) is 52.0 Å². The number of hydrogen-bond acceptors (Lipinski definition) is 4. The Morgan fingerprint density at radius 3 is 2.85 bits per heavy atom. The highest BCUT2D eigenvalue weighted by atomic mass is 35.5. The lowest BCUT2D eigenvalue weighted by molar-refractivity contribution is 0.182. The van der Waals surface area contributed by atoms with Crippen molar-refractivity contribution in [3.63, 3.8) is 0 Å². The van der Waals surface area contributed by atoms with Crippen molar-refractivity contribution < 1.29 is 9.13 Å². The van der Waals surface area contributed by atoms with Crippen molar-refractivity contribution in [2.24, 2.45) is 0 Å². The van der Waals surface area contributed by atoms with Gasteiger partial charge in [0.15, 0.2) is 0 Å². The van der Waals surface area contributed by atoms with Gasteiger partial charge in [0.05, 0.1) is 48.0 Å². The molecule has 0 fully saturated rings. The lowest BCUT2D eigenvalue weighted by atomic mass is 10.1. The lowest BCUT2D eigenvalue weighted by Crippen LogP contribution is -2.23. The fourth-order valence-electron chi connectivity index (χ4n) is 2.00. The number of aromatic nitrogens is 3. The molecular formula is C13H16ClFN4O. The molecule has 2 aromatic rings. The minimum Gasteiger partial charge on any atom is -0.383 e. The zero-order chi connectivity index (χ0) is 14.5. The predicted molar refractivity (Wildman–Crippen MR) is 74.2 cm³/mol. The fraction of sp³-hybridized carbons (Fsp3) is 0.385. The average molecular weight is 299 g/mol. The molecule has 7 heteroatoms. The van der Waals surface area contributed by atoms with Gasteiger partial charge >= 0.3 is 0 Å². The van der Waals surface area contributed by atoms with Gasteiger partial charge in [0.2, 0.25) is 0 Å². The van der Waals surface area contributed by atoms with Crippen molar-refractivity contribution in [2.75, 3.05) is 20.8 Å². The van der Waals surface area contributed by atoms with Crippen molar-refractivity contribution in [3.8, 4) is 0 Å². The van der Waals surface area contributed by atoms with Crippen LogP contribution in [0.25, 0.3) is 0 Å². The highest BCUT2D eigenvalue weighted by Crippen LogP contribution is 2.27. The smallest absolute Gasteiger partial charge is 0.141 e. The fourth-order valence-corrected chi connectivity index (χ4v) is 2.25. The molecule has 0 aliphatic rings. The Kier molecular flexibility index (Phi) is 5.05. The molecule has 2 rings (SSSR count). The van der Waals surface area contributed by atoms with Crippen LogP contribution < -0.4 is 5.32 Å². The van der Waals surface area contributed by atoms with E-state index in [9.17, 15) is 4.39 Å². The first-order chi connectivity index (χ1) is 9.67. The Balaban J connectivity index is 2.35. The molecule has 2 heterocycles. The lowest BCUT2D eigenvalue weighted by Gasteiger charge is -2.18. The van der Waals surface area contributed by atoms with Crippen molar-refractivity contribution in [3.05, 3.63) is 46.8 Å². The largest absolute Gasteiger partial charge is 0.383 e. The second kappa shape index (κ2) is 6.78. The molecular weight excluding hydrogens is 283 g/mol. The standard InChI is InChI=1S/C13H16ClFN4O/c1-16-12(11-4-3-9(15)7-17-11)13-10(14)8-18-19(13)5-6-20-2/h3-4,7-8,12,16H,5-6H2,1-2H3. The summed E-state index contributed by atoms with van der Waals surface area (Å²) in [5.41, 5.74) is 1.46. The van der Waals surface area contributed by atoms with E-state index in [1.54, 1.807) is 31.1 Å². The Morgan fingerprint density at radius 1 is 1.45 bits per heavy atom. The summed E-state index contributed by atoms with van der Waals surface area (Å²) in [6.07, 6.45) is 2.77. The molecule has 0 amide bonds. The van der Waals surface area contributed by atoms with Gasteiger partial charge in [-0.15, -0.1) is 0 Å². The highest BCUT2D eigenvalue weighted by molar-refractivity contribution is 6.31. The summed E-state index contributed by atoms with van der Waals surface area (Å²) in [6, 6.07) is 2.74. The maximum Gasteiger partial charge on any atom is 0.141 e. The zero-order valence-corrected chi connectivity index (χ0v) is 12.1. The first kappa shape index (κ1) is 14.9. The van der Waals surface area contributed by atoms with Crippen LogP contribution in [0.5, 0.6) is 0 Å². The molecule has 1 unspecified atom stereocenters. The molecule has 1 N–H and O–H groups in total. The molecule has 0 saturated carbocycles. The Hall–Kier alpha value is -1.50. The molecule has 1 atom stereocenters. The minimum absolute atomic E-state index is 0.262. The number of nitrogens with one attached hydrogen (secondary N) is 1. The molecule has 108 valence electrons. The number of hydrogen-bond donors (Lipinski definition) is 1. The monoisotopic (exact) mass is 298 g/mol. The van der Waals surface area contributed by atoms with Crippen LogP contribution in [0.3, 0.4) is 0 Å². The van der Waals surface area contributed by atoms with E-state index in [1.807, 2.05) is 0 Å². The summed E-state index contributed by atoms with van der Waals surface area (Å²) in [6.45, 7) is 1.11. The summed E-state index contributed by atoms with van der Waals surface area (Å²) in [7, 11) is 3.42. The Labute approximate surface area is 121 Å². The second-order valence-corrected chi connectivity index (χ2v) is 4.62. The van der Waals surface area contributed by atoms with Crippen LogP contribution in [0.1, 0.15) is 17.4 Å². The zero-order valence-electron chi connectivity index (χ0n) is 11.3. The molecule has 2 aromatic heterocycles. The van der Waals surface area contributed by atoms with Gasteiger partial charge in [-0.3, -0.25) is 9.67 Å². The van der Waals surface area contributed by atoms with Crippen molar-refractivity contribution >= 4 is 11.6 Å². The molecule has 0 aliphatic carbocycles. The molecule has 0 aliphatic heterocycles. The van der Waals surface area contributed by atoms with Crippen LogP contribution in [0.4, 0.5) is 4.39 Å². The number of rotatable bonds is 6.